The van der Waals surface area contributed by atoms with Crippen LogP contribution in [0.3, 0.4) is 0 Å². The number of nitrogen functional groups attached to an aromatic ring is 1. The first-order valence-electron chi connectivity index (χ1n) is 5.79. The zero-order valence-electron chi connectivity index (χ0n) is 11.2. The Labute approximate surface area is 127 Å². The summed E-state index contributed by atoms with van der Waals surface area (Å²) in [6, 6.07) is 2.71. The van der Waals surface area contributed by atoms with E-state index in [0.717, 1.165) is 6.42 Å². The van der Waals surface area contributed by atoms with Gasteiger partial charge >= 0.3 is 0 Å². The minimum absolute atomic E-state index is 0. The maximum absolute atomic E-state index is 13.4. The summed E-state index contributed by atoms with van der Waals surface area (Å²) in [6.07, 6.45) is 0.903. The quantitative estimate of drug-likeness (QED) is 0.629. The van der Waals surface area contributed by atoms with Gasteiger partial charge in [-0.3, -0.25) is 4.79 Å². The second-order valence-electron chi connectivity index (χ2n) is 4.87. The predicted molar refractivity (Wildman–Crippen MR) is 82.5 cm³/mol. The number of ketones is 1. The van der Waals surface area contributed by atoms with Gasteiger partial charge < -0.3 is 11.1 Å². The summed E-state index contributed by atoms with van der Waals surface area (Å²) in [6.45, 7) is 6.24. The molecule has 0 saturated carbocycles. The van der Waals surface area contributed by atoms with E-state index in [0.29, 0.717) is 10.0 Å². The van der Waals surface area contributed by atoms with Crippen LogP contribution < -0.4 is 11.1 Å². The lowest BCUT2D eigenvalue weighted by Gasteiger charge is -2.24. The summed E-state index contributed by atoms with van der Waals surface area (Å²) >= 11 is 3.13. The van der Waals surface area contributed by atoms with Crippen molar-refractivity contribution in [3.05, 3.63) is 28.0 Å². The fraction of sp³-hybridized carbons (Fsp3) is 0.462. The highest BCUT2D eigenvalue weighted by Gasteiger charge is 2.17. The molecule has 0 aliphatic carbocycles. The Morgan fingerprint density at radius 1 is 1.47 bits per heavy atom. The van der Waals surface area contributed by atoms with Crippen molar-refractivity contribution in [2.45, 2.75) is 32.7 Å². The Bertz CT molecular complexity index is 443. The average Bonchev–Trinajstić information content (AvgIpc) is 2.32. The van der Waals surface area contributed by atoms with Crippen molar-refractivity contribution in [1.29, 1.82) is 0 Å². The normalized spacial score (nSPS) is 11.0. The molecule has 0 radical (unpaired) electrons. The van der Waals surface area contributed by atoms with Gasteiger partial charge in [-0.25, -0.2) is 4.39 Å². The zero-order valence-corrected chi connectivity index (χ0v) is 13.6. The summed E-state index contributed by atoms with van der Waals surface area (Å²) in [5.41, 5.74) is 5.69. The van der Waals surface area contributed by atoms with Crippen LogP contribution in [0.25, 0.3) is 0 Å². The molecule has 0 amide bonds. The van der Waals surface area contributed by atoms with Gasteiger partial charge in [0.25, 0.3) is 0 Å². The molecule has 3 N–H and O–H groups in total. The molecule has 0 heterocycles. The largest absolute Gasteiger partial charge is 0.395 e. The van der Waals surface area contributed by atoms with Crippen LogP contribution in [0.15, 0.2) is 16.6 Å². The van der Waals surface area contributed by atoms with Gasteiger partial charge in [0, 0.05) is 15.6 Å². The third-order valence-electron chi connectivity index (χ3n) is 3.01. The molecule has 0 atom stereocenters. The number of nitrogens with one attached hydrogen (secondary N) is 1. The van der Waals surface area contributed by atoms with Crippen LogP contribution in [0.4, 0.5) is 10.1 Å². The second kappa shape index (κ2) is 7.22. The minimum atomic E-state index is -0.581. The number of benzene rings is 1. The van der Waals surface area contributed by atoms with Gasteiger partial charge in [-0.2, -0.15) is 0 Å². The van der Waals surface area contributed by atoms with Gasteiger partial charge in [0.05, 0.1) is 12.2 Å². The molecule has 108 valence electrons. The maximum atomic E-state index is 13.4. The van der Waals surface area contributed by atoms with E-state index in [1.807, 2.05) is 20.8 Å². The van der Waals surface area contributed by atoms with Gasteiger partial charge in [0.2, 0.25) is 0 Å². The van der Waals surface area contributed by atoms with E-state index in [1.54, 1.807) is 6.07 Å². The number of halogens is 3. The van der Waals surface area contributed by atoms with E-state index in [4.69, 9.17) is 5.73 Å². The first kappa shape index (κ1) is 18.4. The lowest BCUT2D eigenvalue weighted by Crippen LogP contribution is -2.41. The van der Waals surface area contributed by atoms with E-state index >= 15 is 0 Å². The number of rotatable bonds is 5. The van der Waals surface area contributed by atoms with Crippen LogP contribution in [0, 0.1) is 5.82 Å². The van der Waals surface area contributed by atoms with Gasteiger partial charge in [-0.15, -0.1) is 12.4 Å². The van der Waals surface area contributed by atoms with E-state index in [-0.39, 0.29) is 36.0 Å². The van der Waals surface area contributed by atoms with Crippen molar-refractivity contribution in [3.8, 4) is 0 Å². The van der Waals surface area contributed by atoms with Crippen molar-refractivity contribution >= 4 is 39.8 Å². The number of anilines is 1. The van der Waals surface area contributed by atoms with E-state index < -0.39 is 5.82 Å². The molecule has 0 bridgehead atoms. The van der Waals surface area contributed by atoms with Crippen LogP contribution in [0.2, 0.25) is 0 Å². The standard InChI is InChI=1S/C13H18BrFN2O.ClH/c1-4-13(2,3)17-7-11(18)8-5-9(14)12(16)10(15)6-8;/h5-6,17H,4,7,16H2,1-3H3;1H. The number of Topliss-reactive ketones (excluding diaryl/α,β-unsaturated/α-hetero) is 1. The molecule has 6 heteroatoms. The third-order valence-corrected chi connectivity index (χ3v) is 3.67. The summed E-state index contributed by atoms with van der Waals surface area (Å²) in [4.78, 5) is 11.9. The number of carbonyl (C=O) groups is 1. The molecule has 3 nitrogen and oxygen atoms in total. The number of nitrogens with two attached hydrogens (primary N) is 1. The molecular weight excluding hydrogens is 335 g/mol. The van der Waals surface area contributed by atoms with Crippen molar-refractivity contribution in [2.24, 2.45) is 0 Å². The summed E-state index contributed by atoms with van der Waals surface area (Å²) in [5.74, 6) is -0.737. The van der Waals surface area contributed by atoms with Crippen LogP contribution >= 0.6 is 28.3 Å². The Morgan fingerprint density at radius 2 is 2.05 bits per heavy atom. The van der Waals surface area contributed by atoms with Crippen molar-refractivity contribution in [2.75, 3.05) is 12.3 Å². The second-order valence-corrected chi connectivity index (χ2v) is 5.72. The highest BCUT2D eigenvalue weighted by atomic mass is 79.9. The van der Waals surface area contributed by atoms with Crippen molar-refractivity contribution in [3.63, 3.8) is 0 Å². The number of carbonyl (C=O) groups excluding carboxylic acids is 1. The minimum Gasteiger partial charge on any atom is -0.395 e. The SMILES string of the molecule is CCC(C)(C)NCC(=O)c1cc(F)c(N)c(Br)c1.Cl. The molecule has 0 aliphatic heterocycles. The molecule has 0 unspecified atom stereocenters. The Kier molecular flexibility index (Phi) is 6.97. The summed E-state index contributed by atoms with van der Waals surface area (Å²) < 4.78 is 13.8. The summed E-state index contributed by atoms with van der Waals surface area (Å²) in [7, 11) is 0. The lowest BCUT2D eigenvalue weighted by atomic mass is 10.0. The molecule has 1 rings (SSSR count). The first-order valence-corrected chi connectivity index (χ1v) is 6.59. The number of hydrogen-bond acceptors (Lipinski definition) is 3. The highest BCUT2D eigenvalue weighted by Crippen LogP contribution is 2.24. The molecule has 0 saturated heterocycles. The molecule has 0 aromatic heterocycles. The third kappa shape index (κ3) is 5.09. The molecule has 0 fully saturated rings. The highest BCUT2D eigenvalue weighted by molar-refractivity contribution is 9.10. The van der Waals surface area contributed by atoms with Crippen LogP contribution in [-0.2, 0) is 0 Å². The average molecular weight is 354 g/mol. The van der Waals surface area contributed by atoms with Gasteiger partial charge in [-0.05, 0) is 48.3 Å². The topological polar surface area (TPSA) is 55.1 Å². The number of hydrogen-bond donors (Lipinski definition) is 2. The fourth-order valence-electron chi connectivity index (χ4n) is 1.29. The van der Waals surface area contributed by atoms with Gasteiger partial charge in [-0.1, -0.05) is 6.92 Å². The van der Waals surface area contributed by atoms with Gasteiger partial charge in [0.1, 0.15) is 5.82 Å². The van der Waals surface area contributed by atoms with E-state index in [2.05, 4.69) is 21.2 Å². The Hall–Kier alpha value is -0.650. The molecule has 0 spiro atoms. The Morgan fingerprint density at radius 3 is 2.53 bits per heavy atom. The van der Waals surface area contributed by atoms with Crippen LogP contribution in [0.5, 0.6) is 0 Å². The van der Waals surface area contributed by atoms with Crippen LogP contribution in [0.1, 0.15) is 37.6 Å². The van der Waals surface area contributed by atoms with E-state index in [1.165, 1.54) is 6.07 Å². The summed E-state index contributed by atoms with van der Waals surface area (Å²) in [5, 5.41) is 3.14. The molecule has 19 heavy (non-hydrogen) atoms. The monoisotopic (exact) mass is 352 g/mol. The predicted octanol–water partition coefficient (Wildman–Crippen LogP) is 3.55. The smallest absolute Gasteiger partial charge is 0.176 e. The van der Waals surface area contributed by atoms with Gasteiger partial charge in [0.15, 0.2) is 5.78 Å². The van der Waals surface area contributed by atoms with Crippen LogP contribution in [-0.4, -0.2) is 17.9 Å². The molecule has 1 aromatic carbocycles. The van der Waals surface area contributed by atoms with E-state index in [9.17, 15) is 9.18 Å². The van der Waals surface area contributed by atoms with Crippen molar-refractivity contribution in [1.82, 2.24) is 5.32 Å². The molecule has 1 aromatic rings. The zero-order chi connectivity index (χ0) is 13.9. The fourth-order valence-corrected chi connectivity index (χ4v) is 1.73. The maximum Gasteiger partial charge on any atom is 0.176 e. The lowest BCUT2D eigenvalue weighted by molar-refractivity contribution is 0.0979. The Balaban J connectivity index is 0.00000324. The molecular formula is C13H19BrClFN2O. The van der Waals surface area contributed by atoms with Crippen molar-refractivity contribution < 1.29 is 9.18 Å². The molecule has 0 aliphatic rings. The first-order chi connectivity index (χ1) is 8.26.